The van der Waals surface area contributed by atoms with E-state index >= 15 is 0 Å². The van der Waals surface area contributed by atoms with Gasteiger partial charge in [0.15, 0.2) is 0 Å². The number of anilines is 1. The third kappa shape index (κ3) is 7.76. The molecule has 0 aromatic heterocycles. The van der Waals surface area contributed by atoms with Crippen molar-refractivity contribution in [2.45, 2.75) is 30.9 Å². The highest BCUT2D eigenvalue weighted by Crippen LogP contribution is 2.30. The monoisotopic (exact) mass is 598 g/mol. The summed E-state index contributed by atoms with van der Waals surface area (Å²) in [7, 11) is -4.09. The minimum atomic E-state index is -4.09. The summed E-state index contributed by atoms with van der Waals surface area (Å²) in [6.07, 6.45) is 0. The Hall–Kier alpha value is -3.56. The van der Waals surface area contributed by atoms with Crippen LogP contribution in [-0.4, -0.2) is 36.5 Å². The summed E-state index contributed by atoms with van der Waals surface area (Å²) in [6.45, 7) is 3.40. The van der Waals surface area contributed by atoms with Gasteiger partial charge in [-0.3, -0.25) is 9.52 Å². The molecule has 0 atom stereocenters. The predicted octanol–water partition coefficient (Wildman–Crippen LogP) is 7.00. The van der Waals surface area contributed by atoms with E-state index in [1.165, 1.54) is 47.4 Å². The Balaban J connectivity index is 1.60. The van der Waals surface area contributed by atoms with Crippen molar-refractivity contribution in [2.75, 3.05) is 11.3 Å². The van der Waals surface area contributed by atoms with Gasteiger partial charge >= 0.3 is 0 Å². The molecular formula is C30H28Cl2N2O5S. The lowest BCUT2D eigenvalue weighted by Crippen LogP contribution is -2.42. The number of amides is 1. The van der Waals surface area contributed by atoms with E-state index in [2.05, 4.69) is 4.72 Å². The van der Waals surface area contributed by atoms with Gasteiger partial charge in [0.25, 0.3) is 15.9 Å². The van der Waals surface area contributed by atoms with Gasteiger partial charge in [0.2, 0.25) is 0 Å². The van der Waals surface area contributed by atoms with Crippen molar-refractivity contribution >= 4 is 44.8 Å². The van der Waals surface area contributed by atoms with E-state index in [0.29, 0.717) is 16.5 Å². The number of carbonyl (C=O) groups is 1. The number of hydrogen-bond donors (Lipinski definition) is 2. The van der Waals surface area contributed by atoms with Gasteiger partial charge in [-0.25, -0.2) is 8.42 Å². The van der Waals surface area contributed by atoms with Crippen LogP contribution in [-0.2, 0) is 16.6 Å². The average Bonchev–Trinajstić information content (AvgIpc) is 2.90. The van der Waals surface area contributed by atoms with Gasteiger partial charge in [-0.1, -0.05) is 65.7 Å². The Kier molecular flexibility index (Phi) is 9.05. The van der Waals surface area contributed by atoms with Crippen LogP contribution in [0.3, 0.4) is 0 Å². The molecule has 2 N–H and O–H groups in total. The first kappa shape index (κ1) is 29.4. The molecule has 0 aliphatic carbocycles. The van der Waals surface area contributed by atoms with Crippen LogP contribution >= 0.6 is 23.2 Å². The third-order valence-corrected chi connectivity index (χ3v) is 7.66. The second kappa shape index (κ2) is 12.3. The Labute approximate surface area is 244 Å². The number of ether oxygens (including phenoxy) is 1. The van der Waals surface area contributed by atoms with Crippen molar-refractivity contribution in [1.29, 1.82) is 0 Å². The SMILES string of the molecule is CC(C)(O)CN(Cc1ccccc1)C(=O)c1cc(Cl)ccc1NS(=O)(=O)c1ccc(Oc2ccccc2Cl)cc1. The molecule has 0 bridgehead atoms. The lowest BCUT2D eigenvalue weighted by atomic mass is 10.1. The molecule has 0 saturated carbocycles. The summed E-state index contributed by atoms with van der Waals surface area (Å²) in [5.74, 6) is 0.348. The molecule has 0 saturated heterocycles. The van der Waals surface area contributed by atoms with Crippen molar-refractivity contribution in [3.63, 3.8) is 0 Å². The molecule has 0 aliphatic heterocycles. The highest BCUT2D eigenvalue weighted by atomic mass is 35.5. The van der Waals surface area contributed by atoms with Crippen LogP contribution in [0.1, 0.15) is 29.8 Å². The predicted molar refractivity (Wildman–Crippen MR) is 158 cm³/mol. The molecule has 10 heteroatoms. The number of carbonyl (C=O) groups excluding carboxylic acids is 1. The van der Waals surface area contributed by atoms with E-state index in [-0.39, 0.29) is 34.3 Å². The van der Waals surface area contributed by atoms with E-state index in [4.69, 9.17) is 27.9 Å². The maximum atomic E-state index is 13.8. The second-order valence-corrected chi connectivity index (χ2v) is 12.3. The minimum absolute atomic E-state index is 0.00627. The molecule has 4 aromatic rings. The molecule has 0 spiro atoms. The lowest BCUT2D eigenvalue weighted by Gasteiger charge is -2.30. The second-order valence-electron chi connectivity index (χ2n) is 9.76. The first-order chi connectivity index (χ1) is 18.9. The van der Waals surface area contributed by atoms with Crippen LogP contribution in [0.2, 0.25) is 10.0 Å². The summed E-state index contributed by atoms with van der Waals surface area (Å²) in [5, 5.41) is 11.2. The normalized spacial score (nSPS) is 11.6. The van der Waals surface area contributed by atoms with E-state index in [0.717, 1.165) is 5.56 Å². The Morgan fingerprint density at radius 3 is 2.23 bits per heavy atom. The third-order valence-electron chi connectivity index (χ3n) is 5.74. The first-order valence-corrected chi connectivity index (χ1v) is 14.6. The minimum Gasteiger partial charge on any atom is -0.456 e. The number of halogens is 2. The van der Waals surface area contributed by atoms with Gasteiger partial charge in [0, 0.05) is 18.1 Å². The largest absolute Gasteiger partial charge is 0.456 e. The zero-order valence-electron chi connectivity index (χ0n) is 21.8. The summed E-state index contributed by atoms with van der Waals surface area (Å²) < 4.78 is 34.9. The van der Waals surface area contributed by atoms with Crippen LogP contribution in [0.4, 0.5) is 5.69 Å². The Morgan fingerprint density at radius 1 is 0.925 bits per heavy atom. The van der Waals surface area contributed by atoms with Crippen molar-refractivity contribution in [1.82, 2.24) is 4.90 Å². The molecule has 1 amide bonds. The number of sulfonamides is 1. The molecule has 0 aliphatic rings. The zero-order chi connectivity index (χ0) is 28.9. The number of rotatable bonds is 10. The Morgan fingerprint density at radius 2 is 1.57 bits per heavy atom. The summed E-state index contributed by atoms with van der Waals surface area (Å²) in [6, 6.07) is 26.4. The van der Waals surface area contributed by atoms with E-state index in [1.807, 2.05) is 30.3 Å². The molecule has 0 heterocycles. The number of para-hydroxylation sites is 1. The number of nitrogens with one attached hydrogen (secondary N) is 1. The molecule has 4 aromatic carbocycles. The van der Waals surface area contributed by atoms with Crippen LogP contribution < -0.4 is 9.46 Å². The highest BCUT2D eigenvalue weighted by molar-refractivity contribution is 7.92. The van der Waals surface area contributed by atoms with E-state index in [9.17, 15) is 18.3 Å². The molecule has 0 fully saturated rings. The number of benzene rings is 4. The number of aliphatic hydroxyl groups is 1. The van der Waals surface area contributed by atoms with Crippen molar-refractivity contribution in [3.8, 4) is 11.5 Å². The van der Waals surface area contributed by atoms with Gasteiger partial charge in [-0.2, -0.15) is 0 Å². The molecule has 0 radical (unpaired) electrons. The van der Waals surface area contributed by atoms with Crippen LogP contribution in [0, 0.1) is 0 Å². The average molecular weight is 600 g/mol. The van der Waals surface area contributed by atoms with Crippen molar-refractivity contribution in [2.24, 2.45) is 0 Å². The molecular weight excluding hydrogens is 571 g/mol. The van der Waals surface area contributed by atoms with Gasteiger partial charge in [-0.15, -0.1) is 0 Å². The first-order valence-electron chi connectivity index (χ1n) is 12.3. The highest BCUT2D eigenvalue weighted by Gasteiger charge is 2.27. The maximum absolute atomic E-state index is 13.8. The fourth-order valence-corrected chi connectivity index (χ4v) is 5.39. The summed E-state index contributed by atoms with van der Waals surface area (Å²) in [5.41, 5.74) is -0.242. The van der Waals surface area contributed by atoms with Gasteiger partial charge in [0.1, 0.15) is 11.5 Å². The number of hydrogen-bond acceptors (Lipinski definition) is 5. The van der Waals surface area contributed by atoms with E-state index < -0.39 is 21.5 Å². The summed E-state index contributed by atoms with van der Waals surface area (Å²) >= 11 is 12.4. The van der Waals surface area contributed by atoms with Crippen molar-refractivity contribution < 1.29 is 23.1 Å². The lowest BCUT2D eigenvalue weighted by molar-refractivity contribution is 0.0280. The smallest absolute Gasteiger partial charge is 0.261 e. The molecule has 208 valence electrons. The topological polar surface area (TPSA) is 95.9 Å². The molecule has 4 rings (SSSR count). The van der Waals surface area contributed by atoms with Crippen LogP contribution in [0.15, 0.2) is 102 Å². The standard InChI is InChI=1S/C30H28Cl2N2O5S/c1-30(2,36)20-34(19-21-8-4-3-5-9-21)29(35)25-18-22(31)12-17-27(25)33-40(37,38)24-15-13-23(14-16-24)39-28-11-7-6-10-26(28)32/h3-18,33,36H,19-20H2,1-2H3. The zero-order valence-corrected chi connectivity index (χ0v) is 24.2. The molecule has 0 unspecified atom stereocenters. The fraction of sp³-hybridized carbons (Fsp3) is 0.167. The van der Waals surface area contributed by atoms with Crippen molar-refractivity contribution in [3.05, 3.63) is 118 Å². The number of nitrogens with zero attached hydrogens (tertiary/aromatic N) is 1. The quantitative estimate of drug-likeness (QED) is 0.205. The maximum Gasteiger partial charge on any atom is 0.261 e. The van der Waals surface area contributed by atoms with Gasteiger partial charge in [-0.05, 0) is 74.0 Å². The fourth-order valence-electron chi connectivity index (χ4n) is 3.97. The summed E-state index contributed by atoms with van der Waals surface area (Å²) in [4.78, 5) is 15.2. The Bertz CT molecular complexity index is 1590. The van der Waals surface area contributed by atoms with Gasteiger partial charge < -0.3 is 14.7 Å². The van der Waals surface area contributed by atoms with Crippen LogP contribution in [0.5, 0.6) is 11.5 Å². The molecule has 7 nitrogen and oxygen atoms in total. The van der Waals surface area contributed by atoms with Gasteiger partial charge in [0.05, 0.1) is 26.8 Å². The van der Waals surface area contributed by atoms with E-state index in [1.54, 1.807) is 38.1 Å². The van der Waals surface area contributed by atoms with Crippen LogP contribution in [0.25, 0.3) is 0 Å². The molecule has 40 heavy (non-hydrogen) atoms.